The van der Waals surface area contributed by atoms with Gasteiger partial charge in [0.2, 0.25) is 0 Å². The van der Waals surface area contributed by atoms with Gasteiger partial charge >= 0.3 is 0 Å². The normalized spacial score (nSPS) is 14.8. The van der Waals surface area contributed by atoms with Crippen molar-refractivity contribution >= 4 is 11.7 Å². The van der Waals surface area contributed by atoms with Crippen molar-refractivity contribution in [3.05, 3.63) is 35.4 Å². The predicted octanol–water partition coefficient (Wildman–Crippen LogP) is 0.344. The first kappa shape index (κ1) is 17.8. The van der Waals surface area contributed by atoms with Gasteiger partial charge in [0.05, 0.1) is 0 Å². The molecule has 0 spiro atoms. The maximum Gasteiger partial charge on any atom is 0.269 e. The maximum atomic E-state index is 12.9. The molecule has 0 aliphatic carbocycles. The Labute approximate surface area is 126 Å². The number of rotatable bonds is 6. The second-order valence-corrected chi connectivity index (χ2v) is 4.78. The van der Waals surface area contributed by atoms with E-state index in [2.05, 4.69) is 5.92 Å². The molecule has 0 bridgehead atoms. The zero-order valence-electron chi connectivity index (χ0n) is 11.7. The van der Waals surface area contributed by atoms with Crippen molar-refractivity contribution in [3.63, 3.8) is 0 Å². The number of aliphatic hydroxyl groups is 2. The van der Waals surface area contributed by atoms with E-state index in [0.717, 1.165) is 0 Å². The van der Waals surface area contributed by atoms with Crippen LogP contribution in [0, 0.1) is 12.3 Å². The smallest absolute Gasteiger partial charge is 0.269 e. The zero-order chi connectivity index (χ0) is 16.9. The largest absolute Gasteiger partial charge is 0.388 e. The summed E-state index contributed by atoms with van der Waals surface area (Å²) < 4.78 is 25.7. The number of carbonyl (C=O) groups is 2. The minimum atomic E-state index is -3.29. The lowest BCUT2D eigenvalue weighted by atomic mass is 9.93. The molecular formula is C15H15F2NO4. The van der Waals surface area contributed by atoms with Crippen LogP contribution in [0.5, 0.6) is 0 Å². The molecule has 7 heteroatoms. The third kappa shape index (κ3) is 3.87. The Morgan fingerprint density at radius 3 is 2.32 bits per heavy atom. The monoisotopic (exact) mass is 311 g/mol. The predicted molar refractivity (Wildman–Crippen MR) is 74.4 cm³/mol. The summed E-state index contributed by atoms with van der Waals surface area (Å²) in [6.45, 7) is -0.387. The SMILES string of the molecule is C#Cc1ccc(C(=O)N[C@H](C(=O)CO)[C@](C)(O)C(F)F)cc1. The van der Waals surface area contributed by atoms with Crippen molar-refractivity contribution in [2.45, 2.75) is 25.0 Å². The third-order valence-electron chi connectivity index (χ3n) is 3.09. The highest BCUT2D eigenvalue weighted by atomic mass is 19.3. The molecule has 1 aromatic rings. The van der Waals surface area contributed by atoms with Gasteiger partial charge in [0.25, 0.3) is 12.3 Å². The van der Waals surface area contributed by atoms with E-state index in [4.69, 9.17) is 11.5 Å². The van der Waals surface area contributed by atoms with Crippen molar-refractivity contribution in [1.29, 1.82) is 0 Å². The van der Waals surface area contributed by atoms with Crippen molar-refractivity contribution in [1.82, 2.24) is 5.32 Å². The van der Waals surface area contributed by atoms with Crippen molar-refractivity contribution < 1.29 is 28.6 Å². The molecule has 118 valence electrons. The molecule has 1 aromatic carbocycles. The van der Waals surface area contributed by atoms with Crippen LogP contribution in [-0.2, 0) is 4.79 Å². The van der Waals surface area contributed by atoms with E-state index in [9.17, 15) is 23.5 Å². The van der Waals surface area contributed by atoms with Crippen molar-refractivity contribution in [2.24, 2.45) is 0 Å². The number of halogens is 2. The summed E-state index contributed by atoms with van der Waals surface area (Å²) in [5.74, 6) is 0.366. The Morgan fingerprint density at radius 2 is 1.91 bits per heavy atom. The molecule has 1 amide bonds. The van der Waals surface area contributed by atoms with Gasteiger partial charge in [-0.15, -0.1) is 6.42 Å². The molecule has 0 saturated heterocycles. The van der Waals surface area contributed by atoms with Gasteiger partial charge in [-0.2, -0.15) is 0 Å². The molecule has 1 rings (SSSR count). The van der Waals surface area contributed by atoms with Gasteiger partial charge in [-0.1, -0.05) is 5.92 Å². The molecule has 0 radical (unpaired) electrons. The third-order valence-corrected chi connectivity index (χ3v) is 3.09. The number of aliphatic hydroxyl groups excluding tert-OH is 1. The summed E-state index contributed by atoms with van der Waals surface area (Å²) in [4.78, 5) is 23.5. The molecule has 0 unspecified atom stereocenters. The summed E-state index contributed by atoms with van der Waals surface area (Å²) in [5, 5.41) is 20.5. The molecule has 0 fully saturated rings. The minimum absolute atomic E-state index is 0.0693. The molecule has 5 nitrogen and oxygen atoms in total. The van der Waals surface area contributed by atoms with E-state index in [1.807, 2.05) is 5.32 Å². The molecule has 22 heavy (non-hydrogen) atoms. The summed E-state index contributed by atoms with van der Waals surface area (Å²) >= 11 is 0. The molecule has 0 aliphatic rings. The second kappa shape index (κ2) is 7.11. The van der Waals surface area contributed by atoms with E-state index >= 15 is 0 Å². The standard InChI is InChI=1S/C15H15F2NO4/c1-3-9-4-6-10(7-5-9)13(21)18-12(11(20)8-19)15(2,22)14(16)17/h1,4-7,12,14,19,22H,8H2,2H3,(H,18,21)/t12-,15+/m1/s1. The van der Waals surface area contributed by atoms with Gasteiger partial charge in [0.1, 0.15) is 18.2 Å². The van der Waals surface area contributed by atoms with Crippen LogP contribution in [-0.4, -0.2) is 46.6 Å². The fourth-order valence-corrected chi connectivity index (χ4v) is 1.70. The fourth-order valence-electron chi connectivity index (χ4n) is 1.70. The number of hydrogen-bond acceptors (Lipinski definition) is 4. The van der Waals surface area contributed by atoms with Crippen molar-refractivity contribution in [2.75, 3.05) is 6.61 Å². The number of Topliss-reactive ketones (excluding diaryl/α,β-unsaturated/α-hetero) is 1. The quantitative estimate of drug-likeness (QED) is 0.661. The lowest BCUT2D eigenvalue weighted by molar-refractivity contribution is -0.142. The topological polar surface area (TPSA) is 86.6 Å². The highest BCUT2D eigenvalue weighted by molar-refractivity contribution is 5.98. The summed E-state index contributed by atoms with van der Waals surface area (Å²) in [6.07, 6.45) is 1.87. The first-order valence-corrected chi connectivity index (χ1v) is 6.25. The van der Waals surface area contributed by atoms with E-state index in [1.54, 1.807) is 0 Å². The fraction of sp³-hybridized carbons (Fsp3) is 0.333. The molecule has 0 aromatic heterocycles. The Kier molecular flexibility index (Phi) is 5.74. The maximum absolute atomic E-state index is 12.9. The van der Waals surface area contributed by atoms with E-state index < -0.39 is 36.4 Å². The van der Waals surface area contributed by atoms with Crippen molar-refractivity contribution in [3.8, 4) is 12.3 Å². The lowest BCUT2D eigenvalue weighted by Crippen LogP contribution is -2.59. The first-order valence-electron chi connectivity index (χ1n) is 6.25. The average Bonchev–Trinajstić information content (AvgIpc) is 2.51. The van der Waals surface area contributed by atoms with Crippen LogP contribution in [0.4, 0.5) is 8.78 Å². The van der Waals surface area contributed by atoms with E-state index in [0.29, 0.717) is 12.5 Å². The Balaban J connectivity index is 3.01. The van der Waals surface area contributed by atoms with Gasteiger partial charge in [-0.25, -0.2) is 8.78 Å². The Bertz CT molecular complexity index is 591. The number of nitrogens with one attached hydrogen (secondary N) is 1. The Hall–Kier alpha value is -2.30. The molecule has 0 saturated carbocycles. The number of amides is 1. The lowest BCUT2D eigenvalue weighted by Gasteiger charge is -2.31. The highest BCUT2D eigenvalue weighted by Gasteiger charge is 2.45. The van der Waals surface area contributed by atoms with Crippen LogP contribution in [0.1, 0.15) is 22.8 Å². The zero-order valence-corrected chi connectivity index (χ0v) is 11.7. The number of carbonyl (C=O) groups excluding carboxylic acids is 2. The first-order chi connectivity index (χ1) is 10.2. The van der Waals surface area contributed by atoms with Crippen LogP contribution in [0.2, 0.25) is 0 Å². The number of terminal acetylenes is 1. The summed E-state index contributed by atoms with van der Waals surface area (Å²) in [5.41, 5.74) is -2.23. The van der Waals surface area contributed by atoms with Crippen LogP contribution in [0.15, 0.2) is 24.3 Å². The molecular weight excluding hydrogens is 296 g/mol. The molecule has 0 aliphatic heterocycles. The molecule has 0 heterocycles. The number of ketones is 1. The van der Waals surface area contributed by atoms with Crippen LogP contribution in [0.3, 0.4) is 0 Å². The number of alkyl halides is 2. The average molecular weight is 311 g/mol. The van der Waals surface area contributed by atoms with Crippen LogP contribution >= 0.6 is 0 Å². The van der Waals surface area contributed by atoms with Crippen LogP contribution < -0.4 is 5.32 Å². The number of benzene rings is 1. The van der Waals surface area contributed by atoms with E-state index in [1.165, 1.54) is 24.3 Å². The summed E-state index contributed by atoms with van der Waals surface area (Å²) in [6, 6.07) is 3.67. The van der Waals surface area contributed by atoms with Gasteiger partial charge in [-0.05, 0) is 31.2 Å². The second-order valence-electron chi connectivity index (χ2n) is 4.78. The van der Waals surface area contributed by atoms with Gasteiger partial charge in [0.15, 0.2) is 5.78 Å². The van der Waals surface area contributed by atoms with Crippen LogP contribution in [0.25, 0.3) is 0 Å². The summed E-state index contributed by atoms with van der Waals surface area (Å²) in [7, 11) is 0. The molecule has 3 N–H and O–H groups in total. The minimum Gasteiger partial charge on any atom is -0.388 e. The highest BCUT2D eigenvalue weighted by Crippen LogP contribution is 2.21. The van der Waals surface area contributed by atoms with E-state index in [-0.39, 0.29) is 5.56 Å². The van der Waals surface area contributed by atoms with Gasteiger partial charge in [0, 0.05) is 11.1 Å². The molecule has 2 atom stereocenters. The number of hydrogen-bond donors (Lipinski definition) is 3. The van der Waals surface area contributed by atoms with Gasteiger partial charge < -0.3 is 15.5 Å². The Morgan fingerprint density at radius 1 is 1.36 bits per heavy atom. The van der Waals surface area contributed by atoms with Gasteiger partial charge in [-0.3, -0.25) is 9.59 Å².